The molecule has 0 aromatic rings. The van der Waals surface area contributed by atoms with Gasteiger partial charge in [-0.1, -0.05) is 20.3 Å². The number of nitrogens with two attached hydrogens (primary N) is 1. The first-order valence-electron chi connectivity index (χ1n) is 3.66. The van der Waals surface area contributed by atoms with Crippen LogP contribution in [0.3, 0.4) is 0 Å². The summed E-state index contributed by atoms with van der Waals surface area (Å²) < 4.78 is 0. The van der Waals surface area contributed by atoms with Crippen molar-refractivity contribution in [2.75, 3.05) is 0 Å². The lowest BCUT2D eigenvalue weighted by molar-refractivity contribution is 0.132. The van der Waals surface area contributed by atoms with Gasteiger partial charge in [0, 0.05) is 6.04 Å². The van der Waals surface area contributed by atoms with E-state index in [0.29, 0.717) is 0 Å². The van der Waals surface area contributed by atoms with Gasteiger partial charge in [-0.2, -0.15) is 0 Å². The Balaban J connectivity index is 3.32. The second kappa shape index (κ2) is 4.77. The smallest absolute Gasteiger partial charge is 0.0690 e. The predicted molar refractivity (Wildman–Crippen MR) is 39.2 cm³/mol. The molecule has 0 bridgehead atoms. The van der Waals surface area contributed by atoms with E-state index < -0.39 is 0 Å². The van der Waals surface area contributed by atoms with E-state index in [1.807, 2.05) is 13.8 Å². The summed E-state index contributed by atoms with van der Waals surface area (Å²) in [4.78, 5) is 0. The lowest BCUT2D eigenvalue weighted by atomic mass is 10.1. The van der Waals surface area contributed by atoms with Crippen molar-refractivity contribution < 1.29 is 5.11 Å². The molecule has 9 heavy (non-hydrogen) atoms. The number of hydrogen-bond donors (Lipinski definition) is 2. The third-order valence-corrected chi connectivity index (χ3v) is 1.55. The molecule has 0 aliphatic heterocycles. The Labute approximate surface area is 57.1 Å². The van der Waals surface area contributed by atoms with Crippen molar-refractivity contribution in [3.8, 4) is 0 Å². The molecule has 3 N–H and O–H groups in total. The van der Waals surface area contributed by atoms with E-state index in [1.165, 1.54) is 0 Å². The topological polar surface area (TPSA) is 46.2 Å². The van der Waals surface area contributed by atoms with Crippen LogP contribution in [0.25, 0.3) is 0 Å². The molecule has 0 radical (unpaired) electrons. The maximum Gasteiger partial charge on any atom is 0.0690 e. The lowest BCUT2D eigenvalue weighted by Gasteiger charge is -2.15. The molecule has 2 heteroatoms. The number of aliphatic hydroxyl groups is 1. The number of rotatable bonds is 4. The Kier molecular flexibility index (Phi) is 4.72. The van der Waals surface area contributed by atoms with Crippen LogP contribution in [-0.2, 0) is 0 Å². The summed E-state index contributed by atoms with van der Waals surface area (Å²) in [5.74, 6) is 0. The van der Waals surface area contributed by atoms with Gasteiger partial charge in [0.15, 0.2) is 0 Å². The summed E-state index contributed by atoms with van der Waals surface area (Å²) >= 11 is 0. The minimum absolute atomic E-state index is 0.0232. The number of hydrogen-bond acceptors (Lipinski definition) is 2. The van der Waals surface area contributed by atoms with E-state index in [0.717, 1.165) is 19.3 Å². The molecule has 0 fully saturated rings. The zero-order valence-electron chi connectivity index (χ0n) is 6.30. The average molecular weight is 131 g/mol. The fourth-order valence-electron chi connectivity index (χ4n) is 0.782. The van der Waals surface area contributed by atoms with E-state index in [2.05, 4.69) is 0 Å². The molecule has 0 amide bonds. The fraction of sp³-hybridized carbons (Fsp3) is 1.00. The molecule has 0 spiro atoms. The molecule has 0 aromatic heterocycles. The highest BCUT2D eigenvalue weighted by Gasteiger charge is 2.09. The zero-order chi connectivity index (χ0) is 7.28. The molecule has 0 saturated heterocycles. The van der Waals surface area contributed by atoms with E-state index in [9.17, 15) is 5.11 Å². The van der Waals surface area contributed by atoms with Crippen molar-refractivity contribution in [3.05, 3.63) is 0 Å². The van der Waals surface area contributed by atoms with Gasteiger partial charge in [0.05, 0.1) is 6.10 Å². The third-order valence-electron chi connectivity index (χ3n) is 1.55. The Bertz CT molecular complexity index is 65.9. The molecule has 2 nitrogen and oxygen atoms in total. The van der Waals surface area contributed by atoms with Gasteiger partial charge in [-0.25, -0.2) is 0 Å². The van der Waals surface area contributed by atoms with Crippen LogP contribution in [0.5, 0.6) is 0 Å². The van der Waals surface area contributed by atoms with Crippen molar-refractivity contribution in [2.45, 2.75) is 45.3 Å². The van der Waals surface area contributed by atoms with E-state index in [1.54, 1.807) is 0 Å². The van der Waals surface area contributed by atoms with Gasteiger partial charge in [0.1, 0.15) is 0 Å². The molecular weight excluding hydrogens is 114 g/mol. The van der Waals surface area contributed by atoms with Gasteiger partial charge >= 0.3 is 0 Å². The molecule has 0 aliphatic rings. The summed E-state index contributed by atoms with van der Waals surface area (Å²) in [6.07, 6.45) is 2.41. The molecule has 0 heterocycles. The van der Waals surface area contributed by atoms with Crippen molar-refractivity contribution >= 4 is 0 Å². The first-order chi connectivity index (χ1) is 4.22. The standard InChI is InChI=1S/C7H17NO/c1-3-5-7(9)6(8)4-2/h6-7,9H,3-5,8H2,1-2H3/t6-,7+/m0/s1. The average Bonchev–Trinajstić information content (AvgIpc) is 1.87. The van der Waals surface area contributed by atoms with E-state index >= 15 is 0 Å². The van der Waals surface area contributed by atoms with Gasteiger partial charge in [0.2, 0.25) is 0 Å². The van der Waals surface area contributed by atoms with Crippen molar-refractivity contribution in [3.63, 3.8) is 0 Å². The molecule has 0 unspecified atom stereocenters. The highest BCUT2D eigenvalue weighted by Crippen LogP contribution is 2.01. The molecule has 0 aliphatic carbocycles. The largest absolute Gasteiger partial charge is 0.392 e. The highest BCUT2D eigenvalue weighted by molar-refractivity contribution is 4.68. The molecule has 0 rings (SSSR count). The van der Waals surface area contributed by atoms with E-state index in [-0.39, 0.29) is 12.1 Å². The summed E-state index contributed by atoms with van der Waals surface area (Å²) in [5, 5.41) is 9.19. The van der Waals surface area contributed by atoms with E-state index in [4.69, 9.17) is 5.73 Å². The first-order valence-corrected chi connectivity index (χ1v) is 3.66. The summed E-state index contributed by atoms with van der Waals surface area (Å²) in [6.45, 7) is 4.04. The fourth-order valence-corrected chi connectivity index (χ4v) is 0.782. The van der Waals surface area contributed by atoms with Crippen LogP contribution in [0.15, 0.2) is 0 Å². The van der Waals surface area contributed by atoms with Gasteiger partial charge in [-0.05, 0) is 12.8 Å². The van der Waals surface area contributed by atoms with Crippen molar-refractivity contribution in [1.29, 1.82) is 0 Å². The Hall–Kier alpha value is -0.0800. The monoisotopic (exact) mass is 131 g/mol. The second-order valence-corrected chi connectivity index (χ2v) is 2.43. The molecule has 2 atom stereocenters. The molecule has 0 saturated carbocycles. The van der Waals surface area contributed by atoms with Crippen molar-refractivity contribution in [2.24, 2.45) is 5.73 Å². The van der Waals surface area contributed by atoms with Crippen LogP contribution in [0.4, 0.5) is 0 Å². The van der Waals surface area contributed by atoms with Crippen LogP contribution >= 0.6 is 0 Å². The minimum Gasteiger partial charge on any atom is -0.392 e. The summed E-state index contributed by atoms with van der Waals surface area (Å²) in [7, 11) is 0. The number of aliphatic hydroxyl groups excluding tert-OH is 1. The van der Waals surface area contributed by atoms with Gasteiger partial charge < -0.3 is 10.8 Å². The quantitative estimate of drug-likeness (QED) is 0.595. The second-order valence-electron chi connectivity index (χ2n) is 2.43. The first kappa shape index (κ1) is 8.92. The van der Waals surface area contributed by atoms with Crippen molar-refractivity contribution in [1.82, 2.24) is 0 Å². The van der Waals surface area contributed by atoms with Crippen LogP contribution in [-0.4, -0.2) is 17.3 Å². The molecule has 0 aromatic carbocycles. The van der Waals surface area contributed by atoms with Gasteiger partial charge in [-0.15, -0.1) is 0 Å². The SMILES string of the molecule is CCC[C@@H](O)[C@@H](N)CC. The van der Waals surface area contributed by atoms with Gasteiger partial charge in [-0.3, -0.25) is 0 Å². The summed E-state index contributed by atoms with van der Waals surface area (Å²) in [6, 6.07) is -0.0232. The Morgan fingerprint density at radius 2 is 2.00 bits per heavy atom. The van der Waals surface area contributed by atoms with Crippen LogP contribution in [0, 0.1) is 0 Å². The van der Waals surface area contributed by atoms with Crippen LogP contribution in [0.2, 0.25) is 0 Å². The maximum absolute atomic E-state index is 9.19. The van der Waals surface area contributed by atoms with Crippen LogP contribution < -0.4 is 5.73 Å². The molecule has 56 valence electrons. The zero-order valence-corrected chi connectivity index (χ0v) is 6.30. The lowest BCUT2D eigenvalue weighted by Crippen LogP contribution is -2.33. The minimum atomic E-state index is -0.292. The molecular formula is C7H17NO. The normalized spacial score (nSPS) is 17.3. The Morgan fingerprint density at radius 3 is 2.33 bits per heavy atom. The highest BCUT2D eigenvalue weighted by atomic mass is 16.3. The predicted octanol–water partition coefficient (Wildman–Crippen LogP) is 0.885. The van der Waals surface area contributed by atoms with Gasteiger partial charge in [0.25, 0.3) is 0 Å². The van der Waals surface area contributed by atoms with Crippen LogP contribution in [0.1, 0.15) is 33.1 Å². The third kappa shape index (κ3) is 3.49. The summed E-state index contributed by atoms with van der Waals surface area (Å²) in [5.41, 5.74) is 5.55. The maximum atomic E-state index is 9.19. The Morgan fingerprint density at radius 1 is 1.44 bits per heavy atom.